The van der Waals surface area contributed by atoms with E-state index in [1.54, 1.807) is 4.31 Å². The second-order valence-corrected chi connectivity index (χ2v) is 10.2. The molecule has 1 aromatic rings. The second kappa shape index (κ2) is 9.45. The zero-order chi connectivity index (χ0) is 20.9. The van der Waals surface area contributed by atoms with Crippen LogP contribution in [0.25, 0.3) is 0 Å². The number of nitrogens with one attached hydrogen (secondary N) is 2. The van der Waals surface area contributed by atoms with E-state index in [0.29, 0.717) is 32.1 Å². The van der Waals surface area contributed by atoms with Crippen LogP contribution in [0.2, 0.25) is 0 Å². The third kappa shape index (κ3) is 5.93. The zero-order valence-corrected chi connectivity index (χ0v) is 18.5. The zero-order valence-electron chi connectivity index (χ0n) is 17.7. The van der Waals surface area contributed by atoms with Crippen LogP contribution in [-0.2, 0) is 20.2 Å². The third-order valence-electron chi connectivity index (χ3n) is 5.56. The number of aliphatic imine (C=N–C) groups is 1. The van der Waals surface area contributed by atoms with Crippen LogP contribution in [0.3, 0.4) is 0 Å². The van der Waals surface area contributed by atoms with Crippen molar-refractivity contribution in [2.75, 3.05) is 38.5 Å². The van der Waals surface area contributed by atoms with Gasteiger partial charge in [-0.05, 0) is 39.2 Å². The Morgan fingerprint density at radius 1 is 1.17 bits per heavy atom. The quantitative estimate of drug-likeness (QED) is 0.492. The SMILES string of the molecule is CCNC(=NCC1(c2ccccc2)CC1)NCCS(=O)(=O)N1CC(C)OC(C)C1. The van der Waals surface area contributed by atoms with Crippen LogP contribution in [0.15, 0.2) is 35.3 Å². The first-order valence-electron chi connectivity index (χ1n) is 10.6. The van der Waals surface area contributed by atoms with Crippen molar-refractivity contribution in [1.29, 1.82) is 0 Å². The Morgan fingerprint density at radius 2 is 1.83 bits per heavy atom. The maximum Gasteiger partial charge on any atom is 0.216 e. The maximum atomic E-state index is 12.7. The fourth-order valence-electron chi connectivity index (χ4n) is 3.84. The molecule has 2 N–H and O–H groups in total. The van der Waals surface area contributed by atoms with Gasteiger partial charge in [0.2, 0.25) is 10.0 Å². The average Bonchev–Trinajstić information content (AvgIpc) is 3.47. The number of guanidine groups is 1. The van der Waals surface area contributed by atoms with Crippen LogP contribution >= 0.6 is 0 Å². The number of hydrogen-bond acceptors (Lipinski definition) is 4. The summed E-state index contributed by atoms with van der Waals surface area (Å²) >= 11 is 0. The first-order valence-corrected chi connectivity index (χ1v) is 12.2. The second-order valence-electron chi connectivity index (χ2n) is 8.16. The number of ether oxygens (including phenoxy) is 1. The van der Waals surface area contributed by atoms with Crippen molar-refractivity contribution in [3.8, 4) is 0 Å². The maximum absolute atomic E-state index is 12.7. The highest BCUT2D eigenvalue weighted by Crippen LogP contribution is 2.48. The summed E-state index contributed by atoms with van der Waals surface area (Å²) in [5.41, 5.74) is 1.47. The van der Waals surface area contributed by atoms with Gasteiger partial charge in [-0.15, -0.1) is 0 Å². The fourth-order valence-corrected chi connectivity index (χ4v) is 5.33. The first-order chi connectivity index (χ1) is 13.8. The molecule has 1 aliphatic heterocycles. The molecule has 3 rings (SSSR count). The van der Waals surface area contributed by atoms with E-state index in [4.69, 9.17) is 9.73 Å². The van der Waals surface area contributed by atoms with Gasteiger partial charge in [0.05, 0.1) is 24.5 Å². The van der Waals surface area contributed by atoms with Crippen LogP contribution < -0.4 is 10.6 Å². The molecular formula is C21H34N4O3S. The fraction of sp³-hybridized carbons (Fsp3) is 0.667. The summed E-state index contributed by atoms with van der Waals surface area (Å²) in [6.07, 6.45) is 2.13. The van der Waals surface area contributed by atoms with Crippen molar-refractivity contribution in [3.05, 3.63) is 35.9 Å². The summed E-state index contributed by atoms with van der Waals surface area (Å²) in [4.78, 5) is 4.75. The van der Waals surface area contributed by atoms with Gasteiger partial charge in [-0.2, -0.15) is 4.31 Å². The minimum atomic E-state index is -3.33. The molecule has 0 spiro atoms. The highest BCUT2D eigenvalue weighted by molar-refractivity contribution is 7.89. The molecule has 2 atom stereocenters. The lowest BCUT2D eigenvalue weighted by Gasteiger charge is -2.34. The summed E-state index contributed by atoms with van der Waals surface area (Å²) in [5.74, 6) is 0.717. The number of hydrogen-bond donors (Lipinski definition) is 2. The Morgan fingerprint density at radius 3 is 2.41 bits per heavy atom. The number of morpholine rings is 1. The monoisotopic (exact) mass is 422 g/mol. The molecular weight excluding hydrogens is 388 g/mol. The normalized spacial score (nSPS) is 24.9. The lowest BCUT2D eigenvalue weighted by atomic mass is 9.96. The van der Waals surface area contributed by atoms with Crippen molar-refractivity contribution in [1.82, 2.24) is 14.9 Å². The van der Waals surface area contributed by atoms with Crippen LogP contribution in [-0.4, -0.2) is 69.4 Å². The van der Waals surface area contributed by atoms with E-state index in [2.05, 4.69) is 34.9 Å². The largest absolute Gasteiger partial charge is 0.373 e. The molecule has 0 radical (unpaired) electrons. The molecule has 1 aromatic carbocycles. The predicted molar refractivity (Wildman–Crippen MR) is 117 cm³/mol. The van der Waals surface area contributed by atoms with Gasteiger partial charge in [0.1, 0.15) is 0 Å². The topological polar surface area (TPSA) is 83.0 Å². The van der Waals surface area contributed by atoms with Gasteiger partial charge in [0, 0.05) is 31.6 Å². The summed E-state index contributed by atoms with van der Waals surface area (Å²) in [6.45, 7) is 8.43. The summed E-state index contributed by atoms with van der Waals surface area (Å²) in [6, 6.07) is 10.5. The molecule has 1 heterocycles. The lowest BCUT2D eigenvalue weighted by molar-refractivity contribution is -0.0440. The van der Waals surface area contributed by atoms with Crippen molar-refractivity contribution in [2.45, 2.75) is 51.2 Å². The molecule has 162 valence electrons. The Bertz CT molecular complexity index is 783. The molecule has 29 heavy (non-hydrogen) atoms. The molecule has 2 aliphatic rings. The minimum Gasteiger partial charge on any atom is -0.373 e. The van der Waals surface area contributed by atoms with Gasteiger partial charge >= 0.3 is 0 Å². The van der Waals surface area contributed by atoms with Crippen LogP contribution in [0.5, 0.6) is 0 Å². The number of rotatable bonds is 8. The smallest absolute Gasteiger partial charge is 0.216 e. The standard InChI is InChI=1S/C21H34N4O3S/c1-4-22-20(24-16-21(10-11-21)19-8-6-5-7-9-19)23-12-13-29(26,27)25-14-17(2)28-18(3)15-25/h5-9,17-18H,4,10-16H2,1-3H3,(H2,22,23,24). The van der Waals surface area contributed by atoms with Crippen molar-refractivity contribution in [3.63, 3.8) is 0 Å². The van der Waals surface area contributed by atoms with Crippen molar-refractivity contribution in [2.24, 2.45) is 4.99 Å². The number of nitrogens with zero attached hydrogens (tertiary/aromatic N) is 2. The van der Waals surface area contributed by atoms with Crippen LogP contribution in [0.4, 0.5) is 0 Å². The predicted octanol–water partition coefficient (Wildman–Crippen LogP) is 1.71. The molecule has 0 aromatic heterocycles. The van der Waals surface area contributed by atoms with Gasteiger partial charge in [0.25, 0.3) is 0 Å². The summed E-state index contributed by atoms with van der Waals surface area (Å²) in [7, 11) is -3.33. The molecule has 2 unspecified atom stereocenters. The van der Waals surface area contributed by atoms with E-state index < -0.39 is 10.0 Å². The van der Waals surface area contributed by atoms with E-state index in [1.165, 1.54) is 5.56 Å². The van der Waals surface area contributed by atoms with Crippen molar-refractivity contribution >= 4 is 16.0 Å². The molecule has 8 heteroatoms. The van der Waals surface area contributed by atoms with E-state index >= 15 is 0 Å². The summed E-state index contributed by atoms with van der Waals surface area (Å²) < 4.78 is 32.6. The van der Waals surface area contributed by atoms with Crippen LogP contribution in [0.1, 0.15) is 39.2 Å². The summed E-state index contributed by atoms with van der Waals surface area (Å²) in [5, 5.41) is 6.42. The average molecular weight is 423 g/mol. The highest BCUT2D eigenvalue weighted by atomic mass is 32.2. The van der Waals surface area contributed by atoms with Gasteiger partial charge in [-0.1, -0.05) is 30.3 Å². The van der Waals surface area contributed by atoms with E-state index in [0.717, 1.165) is 19.4 Å². The number of sulfonamides is 1. The molecule has 2 fully saturated rings. The number of benzene rings is 1. The Kier molecular flexibility index (Phi) is 7.19. The Balaban J connectivity index is 1.55. The minimum absolute atomic E-state index is 0.0423. The first kappa shape index (κ1) is 22.1. The van der Waals surface area contributed by atoms with Crippen LogP contribution in [0, 0.1) is 0 Å². The lowest BCUT2D eigenvalue weighted by Crippen LogP contribution is -2.50. The van der Waals surface area contributed by atoms with Gasteiger partial charge in [-0.25, -0.2) is 8.42 Å². The molecule has 0 bridgehead atoms. The van der Waals surface area contributed by atoms with Gasteiger partial charge in [-0.3, -0.25) is 4.99 Å². The van der Waals surface area contributed by atoms with Gasteiger partial charge in [0.15, 0.2) is 5.96 Å². The van der Waals surface area contributed by atoms with Gasteiger partial charge < -0.3 is 15.4 Å². The Labute approximate surface area is 175 Å². The van der Waals surface area contributed by atoms with E-state index in [-0.39, 0.29) is 23.4 Å². The highest BCUT2D eigenvalue weighted by Gasteiger charge is 2.44. The molecule has 1 saturated carbocycles. The third-order valence-corrected chi connectivity index (χ3v) is 7.36. The molecule has 7 nitrogen and oxygen atoms in total. The molecule has 1 saturated heterocycles. The molecule has 0 amide bonds. The van der Waals surface area contributed by atoms with E-state index in [1.807, 2.05) is 26.8 Å². The van der Waals surface area contributed by atoms with Crippen molar-refractivity contribution < 1.29 is 13.2 Å². The molecule has 1 aliphatic carbocycles. The Hall–Kier alpha value is -1.64. The van der Waals surface area contributed by atoms with E-state index in [9.17, 15) is 8.42 Å².